The normalized spacial score (nSPS) is 16.9. The molecule has 5 N–H and O–H groups in total. The number of nitrogens with one attached hydrogen (secondary N) is 1. The molecule has 0 radical (unpaired) electrons. The van der Waals surface area contributed by atoms with E-state index in [1.165, 1.54) is 12.5 Å². The average Bonchev–Trinajstić information content (AvgIpc) is 2.58. The van der Waals surface area contributed by atoms with Crippen LogP contribution in [0.25, 0.3) is 0 Å². The quantitative estimate of drug-likeness (QED) is 0.183. The van der Waals surface area contributed by atoms with Gasteiger partial charge in [0.25, 0.3) is 0 Å². The maximum atomic E-state index is 11.5. The van der Waals surface area contributed by atoms with E-state index < -0.39 is 18.8 Å². The predicted molar refractivity (Wildman–Crippen MR) is 98.9 cm³/mol. The molecule has 25 heavy (non-hydrogen) atoms. The molecule has 4 atom stereocenters. The van der Waals surface area contributed by atoms with Gasteiger partial charge in [-0.2, -0.15) is 0 Å². The van der Waals surface area contributed by atoms with Gasteiger partial charge < -0.3 is 25.7 Å². The summed E-state index contributed by atoms with van der Waals surface area (Å²) < 4.78 is 0. The van der Waals surface area contributed by atoms with Crippen molar-refractivity contribution in [2.75, 3.05) is 13.2 Å². The first kappa shape index (κ1) is 23.8. The minimum atomic E-state index is -1.25. The molecule has 0 rings (SSSR count). The van der Waals surface area contributed by atoms with E-state index in [1.54, 1.807) is 6.08 Å². The van der Waals surface area contributed by atoms with E-state index in [4.69, 9.17) is 10.2 Å². The van der Waals surface area contributed by atoms with Crippen LogP contribution in [0.2, 0.25) is 0 Å². The summed E-state index contributed by atoms with van der Waals surface area (Å²) in [6.45, 7) is 3.29. The highest BCUT2D eigenvalue weighted by molar-refractivity contribution is 5.87. The van der Waals surface area contributed by atoms with Crippen LogP contribution in [0.4, 0.5) is 0 Å². The highest BCUT2D eigenvalue weighted by atomic mass is 16.4. The van der Waals surface area contributed by atoms with Crippen molar-refractivity contribution in [2.45, 2.75) is 70.7 Å². The third kappa shape index (κ3) is 14.8. The molecule has 0 fully saturated rings. The van der Waals surface area contributed by atoms with Gasteiger partial charge in [0, 0.05) is 12.6 Å². The Bertz CT molecular complexity index is 395. The zero-order valence-electron chi connectivity index (χ0n) is 15.5. The van der Waals surface area contributed by atoms with Crippen LogP contribution in [0, 0.1) is 5.92 Å². The van der Waals surface area contributed by atoms with Crippen LogP contribution in [0.3, 0.4) is 0 Å². The largest absolute Gasteiger partial charge is 0.394 e. The molecule has 0 aliphatic carbocycles. The van der Waals surface area contributed by atoms with Crippen LogP contribution in [0.1, 0.15) is 52.4 Å². The van der Waals surface area contributed by atoms with E-state index in [-0.39, 0.29) is 18.6 Å². The Morgan fingerprint density at radius 1 is 0.960 bits per heavy atom. The number of carbonyl (C=O) groups is 1. The van der Waals surface area contributed by atoms with Gasteiger partial charge in [-0.05, 0) is 25.7 Å². The monoisotopic (exact) mass is 357 g/mol. The lowest BCUT2D eigenvalue weighted by Crippen LogP contribution is -2.40. The second kappa shape index (κ2) is 15.1. The van der Waals surface area contributed by atoms with Gasteiger partial charge in [0.2, 0.25) is 5.91 Å². The Kier molecular flexibility index (Phi) is 14.3. The number of aliphatic hydroxyl groups excluding tert-OH is 4. The second-order valence-corrected chi connectivity index (χ2v) is 6.62. The average molecular weight is 357 g/mol. The van der Waals surface area contributed by atoms with E-state index in [1.807, 2.05) is 19.1 Å². The van der Waals surface area contributed by atoms with Crippen molar-refractivity contribution in [3.63, 3.8) is 0 Å². The minimum Gasteiger partial charge on any atom is -0.394 e. The zero-order valence-corrected chi connectivity index (χ0v) is 15.5. The summed E-state index contributed by atoms with van der Waals surface area (Å²) >= 11 is 0. The van der Waals surface area contributed by atoms with Gasteiger partial charge >= 0.3 is 0 Å². The molecule has 0 saturated heterocycles. The van der Waals surface area contributed by atoms with Crippen LogP contribution < -0.4 is 5.32 Å². The van der Waals surface area contributed by atoms with Crippen LogP contribution >= 0.6 is 0 Å². The van der Waals surface area contributed by atoms with Gasteiger partial charge in [0.1, 0.15) is 6.10 Å². The van der Waals surface area contributed by atoms with E-state index in [0.717, 1.165) is 32.1 Å². The lowest BCUT2D eigenvalue weighted by Gasteiger charge is -2.15. The molecule has 1 amide bonds. The van der Waals surface area contributed by atoms with Crippen molar-refractivity contribution in [1.82, 2.24) is 5.32 Å². The zero-order chi connectivity index (χ0) is 19.1. The molecule has 0 aromatic heterocycles. The lowest BCUT2D eigenvalue weighted by atomic mass is 10.0. The standard InChI is InChI=1S/C19H35NO5/c1-15(9-5-3-4-6-11-16(2)22)10-7-8-12-19(25)20-13-17(23)18(24)14-21/h7-8,10,12,15-18,21-24H,3-6,9,11,13-14H2,1-2H3,(H,20,25)/b10-7-,12-8+. The van der Waals surface area contributed by atoms with Crippen LogP contribution in [0.5, 0.6) is 0 Å². The summed E-state index contributed by atoms with van der Waals surface area (Å²) in [6.07, 6.45) is 10.8. The van der Waals surface area contributed by atoms with E-state index in [0.29, 0.717) is 5.92 Å². The Morgan fingerprint density at radius 3 is 2.20 bits per heavy atom. The van der Waals surface area contributed by atoms with Gasteiger partial charge in [0.15, 0.2) is 0 Å². The summed E-state index contributed by atoms with van der Waals surface area (Å²) in [5, 5.41) is 38.9. The molecule has 0 spiro atoms. The fourth-order valence-corrected chi connectivity index (χ4v) is 2.27. The Labute approximate surface area is 151 Å². The first-order valence-corrected chi connectivity index (χ1v) is 9.14. The number of amides is 1. The van der Waals surface area contributed by atoms with Gasteiger partial charge in [-0.1, -0.05) is 50.8 Å². The summed E-state index contributed by atoms with van der Waals surface area (Å²) in [5.41, 5.74) is 0. The fourth-order valence-electron chi connectivity index (χ4n) is 2.27. The third-order valence-corrected chi connectivity index (χ3v) is 3.95. The second-order valence-electron chi connectivity index (χ2n) is 6.62. The van der Waals surface area contributed by atoms with E-state index in [9.17, 15) is 15.0 Å². The van der Waals surface area contributed by atoms with Crippen LogP contribution in [0.15, 0.2) is 24.3 Å². The van der Waals surface area contributed by atoms with Gasteiger partial charge in [-0.3, -0.25) is 4.79 Å². The molecule has 146 valence electrons. The predicted octanol–water partition coefficient (Wildman–Crippen LogP) is 1.29. The molecular formula is C19H35NO5. The number of unbranched alkanes of at least 4 members (excludes halogenated alkanes) is 3. The number of hydrogen-bond acceptors (Lipinski definition) is 5. The molecular weight excluding hydrogens is 322 g/mol. The molecule has 0 saturated carbocycles. The van der Waals surface area contributed by atoms with Crippen molar-refractivity contribution >= 4 is 5.91 Å². The van der Waals surface area contributed by atoms with Crippen molar-refractivity contribution in [3.8, 4) is 0 Å². The minimum absolute atomic E-state index is 0.111. The number of hydrogen-bond donors (Lipinski definition) is 5. The molecule has 0 aliphatic rings. The number of allylic oxidation sites excluding steroid dienone is 3. The van der Waals surface area contributed by atoms with Crippen molar-refractivity contribution in [3.05, 3.63) is 24.3 Å². The smallest absolute Gasteiger partial charge is 0.244 e. The number of carbonyl (C=O) groups excluding carboxylic acids is 1. The van der Waals surface area contributed by atoms with E-state index >= 15 is 0 Å². The molecule has 0 aliphatic heterocycles. The maximum absolute atomic E-state index is 11.5. The summed E-state index contributed by atoms with van der Waals surface area (Å²) in [6, 6.07) is 0. The SMILES string of the molecule is CC(O)CCCCCCC(C)/C=C\C=C\C(=O)NCC(O)C(O)CO. The van der Waals surface area contributed by atoms with Gasteiger partial charge in [0.05, 0.1) is 18.8 Å². The Hall–Kier alpha value is -1.21. The third-order valence-electron chi connectivity index (χ3n) is 3.95. The highest BCUT2D eigenvalue weighted by Crippen LogP contribution is 2.13. The lowest BCUT2D eigenvalue weighted by molar-refractivity contribution is -0.117. The van der Waals surface area contributed by atoms with Crippen LogP contribution in [-0.4, -0.2) is 57.8 Å². The van der Waals surface area contributed by atoms with Crippen molar-refractivity contribution in [1.29, 1.82) is 0 Å². The molecule has 0 aromatic rings. The summed E-state index contributed by atoms with van der Waals surface area (Å²) in [7, 11) is 0. The first-order chi connectivity index (χ1) is 11.9. The molecule has 0 heterocycles. The number of rotatable bonds is 14. The fraction of sp³-hybridized carbons (Fsp3) is 0.737. The van der Waals surface area contributed by atoms with Crippen molar-refractivity contribution < 1.29 is 25.2 Å². The molecule has 0 bridgehead atoms. The first-order valence-electron chi connectivity index (χ1n) is 9.14. The Balaban J connectivity index is 3.79. The number of aliphatic hydroxyl groups is 4. The van der Waals surface area contributed by atoms with Crippen LogP contribution in [-0.2, 0) is 4.79 Å². The van der Waals surface area contributed by atoms with Gasteiger partial charge in [-0.15, -0.1) is 0 Å². The molecule has 4 unspecified atom stereocenters. The summed E-state index contributed by atoms with van der Waals surface area (Å²) in [5.74, 6) is 0.0746. The molecule has 6 nitrogen and oxygen atoms in total. The molecule has 6 heteroatoms. The maximum Gasteiger partial charge on any atom is 0.244 e. The summed E-state index contributed by atoms with van der Waals surface area (Å²) in [4.78, 5) is 11.5. The van der Waals surface area contributed by atoms with E-state index in [2.05, 4.69) is 12.2 Å². The van der Waals surface area contributed by atoms with Gasteiger partial charge in [-0.25, -0.2) is 0 Å². The topological polar surface area (TPSA) is 110 Å². The molecule has 0 aromatic carbocycles. The highest BCUT2D eigenvalue weighted by Gasteiger charge is 2.14. The Morgan fingerprint density at radius 2 is 1.60 bits per heavy atom. The van der Waals surface area contributed by atoms with Crippen molar-refractivity contribution in [2.24, 2.45) is 5.92 Å².